The van der Waals surface area contributed by atoms with E-state index in [2.05, 4.69) is 14.8 Å². The number of aryl methyl sites for hydroxylation is 2. The zero-order valence-corrected chi connectivity index (χ0v) is 20.6. The van der Waals surface area contributed by atoms with Crippen LogP contribution in [-0.4, -0.2) is 46.1 Å². The van der Waals surface area contributed by atoms with Gasteiger partial charge in [-0.3, -0.25) is 9.97 Å². The number of rotatable bonds is 4. The van der Waals surface area contributed by atoms with E-state index in [1.807, 2.05) is 74.8 Å². The second kappa shape index (κ2) is 9.57. The van der Waals surface area contributed by atoms with Crippen LogP contribution in [0.1, 0.15) is 11.4 Å². The second-order valence-electron chi connectivity index (χ2n) is 8.31. The highest BCUT2D eigenvalue weighted by Gasteiger charge is 2.23. The van der Waals surface area contributed by atoms with E-state index in [9.17, 15) is 0 Å². The van der Waals surface area contributed by atoms with Gasteiger partial charge in [-0.25, -0.2) is 9.97 Å². The van der Waals surface area contributed by atoms with E-state index in [4.69, 9.17) is 38.2 Å². The minimum absolute atomic E-state index is 0.641. The van der Waals surface area contributed by atoms with E-state index in [1.54, 1.807) is 0 Å². The highest BCUT2D eigenvalue weighted by molar-refractivity contribution is 6.33. The molecule has 0 unspecified atom stereocenters. The van der Waals surface area contributed by atoms with Gasteiger partial charge in [0.2, 0.25) is 0 Å². The first kappa shape index (κ1) is 22.6. The average Bonchev–Trinajstić information content (AvgIpc) is 2.86. The lowest BCUT2D eigenvalue weighted by Gasteiger charge is -2.36. The SMILES string of the molecule is Cc1cnc(C)c(N2CCN(c3cnc(-c4ccc(Cl)cc4)c(-c4ccccc4Cl)n3)CC2)n1. The number of piperazine rings is 1. The van der Waals surface area contributed by atoms with Gasteiger partial charge in [0.15, 0.2) is 0 Å². The Morgan fingerprint density at radius 1 is 0.735 bits per heavy atom. The Kier molecular flexibility index (Phi) is 6.35. The molecule has 0 atom stereocenters. The number of hydrogen-bond donors (Lipinski definition) is 0. The van der Waals surface area contributed by atoms with Crippen LogP contribution < -0.4 is 9.80 Å². The van der Waals surface area contributed by atoms with E-state index in [1.165, 1.54) is 0 Å². The Morgan fingerprint density at radius 3 is 2.18 bits per heavy atom. The van der Waals surface area contributed by atoms with E-state index in [0.717, 1.165) is 71.7 Å². The molecule has 0 N–H and O–H groups in total. The molecule has 0 amide bonds. The molecule has 1 aliphatic rings. The molecule has 0 bridgehead atoms. The van der Waals surface area contributed by atoms with Gasteiger partial charge in [0, 0.05) is 48.5 Å². The lowest BCUT2D eigenvalue weighted by Crippen LogP contribution is -2.47. The van der Waals surface area contributed by atoms with Crippen molar-refractivity contribution in [2.24, 2.45) is 0 Å². The van der Waals surface area contributed by atoms with Crippen LogP contribution in [0, 0.1) is 13.8 Å². The Morgan fingerprint density at radius 2 is 1.44 bits per heavy atom. The third kappa shape index (κ3) is 4.56. The molecule has 0 spiro atoms. The normalized spacial score (nSPS) is 13.9. The average molecular weight is 491 g/mol. The molecule has 5 rings (SSSR count). The summed E-state index contributed by atoms with van der Waals surface area (Å²) in [6, 6.07) is 15.4. The van der Waals surface area contributed by atoms with Crippen molar-refractivity contribution in [3.8, 4) is 22.5 Å². The molecule has 1 aliphatic heterocycles. The van der Waals surface area contributed by atoms with Crippen molar-refractivity contribution in [1.82, 2.24) is 19.9 Å². The van der Waals surface area contributed by atoms with Crippen molar-refractivity contribution in [3.63, 3.8) is 0 Å². The van der Waals surface area contributed by atoms with Crippen molar-refractivity contribution in [2.45, 2.75) is 13.8 Å². The number of anilines is 2. The van der Waals surface area contributed by atoms with Gasteiger partial charge in [0.1, 0.15) is 17.3 Å². The molecule has 2 aromatic carbocycles. The summed E-state index contributed by atoms with van der Waals surface area (Å²) < 4.78 is 0. The summed E-state index contributed by atoms with van der Waals surface area (Å²) in [5.41, 5.74) is 5.21. The fraction of sp³-hybridized carbons (Fsp3) is 0.231. The first-order valence-corrected chi connectivity index (χ1v) is 11.9. The van der Waals surface area contributed by atoms with Gasteiger partial charge in [-0.05, 0) is 32.0 Å². The van der Waals surface area contributed by atoms with Crippen molar-refractivity contribution < 1.29 is 0 Å². The van der Waals surface area contributed by atoms with Gasteiger partial charge < -0.3 is 9.80 Å². The Bertz CT molecular complexity index is 1320. The van der Waals surface area contributed by atoms with Crippen LogP contribution in [0.4, 0.5) is 11.6 Å². The highest BCUT2D eigenvalue weighted by atomic mass is 35.5. The molecule has 4 aromatic rings. The number of nitrogens with zero attached hydrogens (tertiary/aromatic N) is 6. The standard InChI is InChI=1S/C26H24Cl2N6/c1-17-15-29-18(2)26(31-17)34-13-11-33(12-14-34)23-16-30-24(19-7-9-20(27)10-8-19)25(32-23)21-5-3-4-6-22(21)28/h3-10,15-16H,11-14H2,1-2H3. The van der Waals surface area contributed by atoms with E-state index < -0.39 is 0 Å². The van der Waals surface area contributed by atoms with Gasteiger partial charge in [-0.15, -0.1) is 0 Å². The molecule has 172 valence electrons. The summed E-state index contributed by atoms with van der Waals surface area (Å²) in [5.74, 6) is 1.79. The lowest BCUT2D eigenvalue weighted by molar-refractivity contribution is 0.637. The number of halogens is 2. The van der Waals surface area contributed by atoms with E-state index in [0.29, 0.717) is 10.0 Å². The van der Waals surface area contributed by atoms with Crippen LogP contribution >= 0.6 is 23.2 Å². The van der Waals surface area contributed by atoms with Gasteiger partial charge in [0.25, 0.3) is 0 Å². The summed E-state index contributed by atoms with van der Waals surface area (Å²) in [6.45, 7) is 7.27. The Hall–Kier alpha value is -3.22. The molecule has 1 fully saturated rings. The Balaban J connectivity index is 1.46. The third-order valence-electron chi connectivity index (χ3n) is 5.96. The van der Waals surface area contributed by atoms with Crippen LogP contribution in [0.3, 0.4) is 0 Å². The minimum Gasteiger partial charge on any atom is -0.352 e. The summed E-state index contributed by atoms with van der Waals surface area (Å²) in [4.78, 5) is 23.6. The summed E-state index contributed by atoms with van der Waals surface area (Å²) in [5, 5.41) is 1.32. The van der Waals surface area contributed by atoms with E-state index >= 15 is 0 Å². The number of hydrogen-bond acceptors (Lipinski definition) is 6. The zero-order chi connectivity index (χ0) is 23.7. The van der Waals surface area contributed by atoms with Crippen molar-refractivity contribution in [2.75, 3.05) is 36.0 Å². The molecule has 2 aromatic heterocycles. The number of benzene rings is 2. The Labute approximate surface area is 209 Å². The van der Waals surface area contributed by atoms with Crippen molar-refractivity contribution in [3.05, 3.63) is 82.4 Å². The summed E-state index contributed by atoms with van der Waals surface area (Å²) >= 11 is 12.7. The fourth-order valence-electron chi connectivity index (χ4n) is 4.16. The second-order valence-corrected chi connectivity index (χ2v) is 9.15. The zero-order valence-electron chi connectivity index (χ0n) is 19.0. The summed E-state index contributed by atoms with van der Waals surface area (Å²) in [7, 11) is 0. The summed E-state index contributed by atoms with van der Waals surface area (Å²) in [6.07, 6.45) is 3.65. The van der Waals surface area contributed by atoms with Crippen LogP contribution in [0.2, 0.25) is 10.0 Å². The predicted molar refractivity (Wildman–Crippen MR) is 139 cm³/mol. The predicted octanol–water partition coefficient (Wildman–Crippen LogP) is 5.85. The van der Waals surface area contributed by atoms with Gasteiger partial charge in [-0.2, -0.15) is 0 Å². The molecule has 6 nitrogen and oxygen atoms in total. The molecule has 0 aliphatic carbocycles. The molecule has 3 heterocycles. The van der Waals surface area contributed by atoms with Crippen LogP contribution in [0.5, 0.6) is 0 Å². The van der Waals surface area contributed by atoms with Gasteiger partial charge in [-0.1, -0.05) is 53.5 Å². The van der Waals surface area contributed by atoms with Gasteiger partial charge in [0.05, 0.1) is 28.3 Å². The maximum Gasteiger partial charge on any atom is 0.150 e. The first-order chi connectivity index (χ1) is 16.5. The van der Waals surface area contributed by atoms with Crippen LogP contribution in [0.15, 0.2) is 60.9 Å². The molecule has 0 radical (unpaired) electrons. The van der Waals surface area contributed by atoms with Crippen molar-refractivity contribution in [1.29, 1.82) is 0 Å². The van der Waals surface area contributed by atoms with E-state index in [-0.39, 0.29) is 0 Å². The topological polar surface area (TPSA) is 58.0 Å². The molecular formula is C26H24Cl2N6. The maximum absolute atomic E-state index is 6.57. The molecular weight excluding hydrogens is 467 g/mol. The first-order valence-electron chi connectivity index (χ1n) is 11.2. The largest absolute Gasteiger partial charge is 0.352 e. The number of aromatic nitrogens is 4. The van der Waals surface area contributed by atoms with Crippen molar-refractivity contribution >= 4 is 34.8 Å². The molecule has 34 heavy (non-hydrogen) atoms. The lowest BCUT2D eigenvalue weighted by atomic mass is 10.0. The molecule has 1 saturated heterocycles. The minimum atomic E-state index is 0.641. The van der Waals surface area contributed by atoms with Crippen LogP contribution in [0.25, 0.3) is 22.5 Å². The monoisotopic (exact) mass is 490 g/mol. The quantitative estimate of drug-likeness (QED) is 0.357. The third-order valence-corrected chi connectivity index (χ3v) is 6.54. The smallest absolute Gasteiger partial charge is 0.150 e. The maximum atomic E-state index is 6.57. The highest BCUT2D eigenvalue weighted by Crippen LogP contribution is 2.35. The molecule has 0 saturated carbocycles. The van der Waals surface area contributed by atoms with Crippen LogP contribution in [-0.2, 0) is 0 Å². The fourth-order valence-corrected chi connectivity index (χ4v) is 4.52. The molecule has 8 heteroatoms. The van der Waals surface area contributed by atoms with Gasteiger partial charge >= 0.3 is 0 Å².